The minimum Gasteiger partial charge on any atom is -0.507 e. The van der Waals surface area contributed by atoms with Crippen molar-refractivity contribution in [3.8, 4) is 0 Å². The van der Waals surface area contributed by atoms with Gasteiger partial charge in [0, 0.05) is 17.7 Å². The SMILES string of the molecule is C=CCOC(=O)c1sc(N2C(=O)C(=O)C(=C(O)c3cc(C)ccc3C)C2c2ccc([N+](=O)[O-])cc2)nc1C. The van der Waals surface area contributed by atoms with Gasteiger partial charge in [0.15, 0.2) is 5.13 Å². The van der Waals surface area contributed by atoms with Crippen molar-refractivity contribution in [3.05, 3.63) is 104 Å². The molecule has 0 saturated carbocycles. The zero-order valence-electron chi connectivity index (χ0n) is 20.8. The highest BCUT2D eigenvalue weighted by Crippen LogP contribution is 2.44. The van der Waals surface area contributed by atoms with Gasteiger partial charge in [0.1, 0.15) is 17.2 Å². The number of nitrogens with zero attached hydrogens (tertiary/aromatic N) is 3. The van der Waals surface area contributed by atoms with Crippen molar-refractivity contribution in [1.82, 2.24) is 4.98 Å². The maximum atomic E-state index is 13.4. The zero-order chi connectivity index (χ0) is 27.7. The molecule has 3 aromatic rings. The highest BCUT2D eigenvalue weighted by molar-refractivity contribution is 7.17. The summed E-state index contributed by atoms with van der Waals surface area (Å²) in [5, 5.41) is 22.6. The molecule has 1 unspecified atom stereocenters. The number of hydrogen-bond acceptors (Lipinski definition) is 9. The average molecular weight is 534 g/mol. The molecule has 0 radical (unpaired) electrons. The van der Waals surface area contributed by atoms with Gasteiger partial charge in [0.2, 0.25) is 0 Å². The number of nitro groups is 1. The van der Waals surface area contributed by atoms with Crippen molar-refractivity contribution in [2.24, 2.45) is 0 Å². The van der Waals surface area contributed by atoms with E-state index in [-0.39, 0.29) is 39.3 Å². The number of ether oxygens (including phenoxy) is 1. The largest absolute Gasteiger partial charge is 0.507 e. The lowest BCUT2D eigenvalue weighted by Crippen LogP contribution is -2.29. The number of amides is 1. The Morgan fingerprint density at radius 3 is 2.53 bits per heavy atom. The predicted octanol–water partition coefficient (Wildman–Crippen LogP) is 4.95. The molecule has 0 bridgehead atoms. The molecule has 38 heavy (non-hydrogen) atoms. The monoisotopic (exact) mass is 533 g/mol. The number of carbonyl (C=O) groups is 3. The third-order valence-electron chi connectivity index (χ3n) is 6.02. The van der Waals surface area contributed by atoms with Crippen LogP contribution in [0.15, 0.2) is 60.7 Å². The first-order chi connectivity index (χ1) is 18.0. The number of thiazole rings is 1. The number of rotatable bonds is 7. The molecule has 11 heteroatoms. The molecule has 0 aliphatic carbocycles. The molecule has 1 atom stereocenters. The number of aryl methyl sites for hydroxylation is 3. The Bertz CT molecular complexity index is 1520. The van der Waals surface area contributed by atoms with Crippen LogP contribution >= 0.6 is 11.3 Å². The van der Waals surface area contributed by atoms with Crippen LogP contribution in [0.1, 0.15) is 43.7 Å². The van der Waals surface area contributed by atoms with E-state index in [1.807, 2.05) is 13.0 Å². The quantitative estimate of drug-likeness (QED) is 0.0856. The Kier molecular flexibility index (Phi) is 7.22. The summed E-state index contributed by atoms with van der Waals surface area (Å²) in [6.45, 7) is 8.64. The second-order valence-corrected chi connectivity index (χ2v) is 9.61. The van der Waals surface area contributed by atoms with E-state index in [4.69, 9.17) is 4.74 Å². The molecule has 1 N–H and O–H groups in total. The van der Waals surface area contributed by atoms with Gasteiger partial charge >= 0.3 is 11.9 Å². The van der Waals surface area contributed by atoms with Crippen molar-refractivity contribution in [2.45, 2.75) is 26.8 Å². The minimum atomic E-state index is -1.15. The summed E-state index contributed by atoms with van der Waals surface area (Å²) in [7, 11) is 0. The van der Waals surface area contributed by atoms with Gasteiger partial charge in [-0.05, 0) is 50.1 Å². The molecule has 1 aromatic heterocycles. The van der Waals surface area contributed by atoms with Gasteiger partial charge < -0.3 is 9.84 Å². The molecular formula is C27H23N3O7S. The maximum absolute atomic E-state index is 13.4. The Hall–Kier alpha value is -4.64. The van der Waals surface area contributed by atoms with Crippen LogP contribution in [0, 0.1) is 30.9 Å². The van der Waals surface area contributed by atoms with Crippen LogP contribution < -0.4 is 4.90 Å². The number of anilines is 1. The number of esters is 1. The number of carbonyl (C=O) groups excluding carboxylic acids is 3. The molecule has 2 aromatic carbocycles. The topological polar surface area (TPSA) is 140 Å². The van der Waals surface area contributed by atoms with Crippen LogP contribution in [0.2, 0.25) is 0 Å². The van der Waals surface area contributed by atoms with Crippen molar-refractivity contribution in [3.63, 3.8) is 0 Å². The number of Topliss-reactive ketones (excluding diaryl/α,β-unsaturated/α-hetero) is 1. The fourth-order valence-corrected chi connectivity index (χ4v) is 5.12. The summed E-state index contributed by atoms with van der Waals surface area (Å²) >= 11 is 0.863. The lowest BCUT2D eigenvalue weighted by molar-refractivity contribution is -0.384. The van der Waals surface area contributed by atoms with Gasteiger partial charge in [0.05, 0.1) is 22.2 Å². The first kappa shape index (κ1) is 26.4. The molecule has 4 rings (SSSR count). The fourth-order valence-electron chi connectivity index (χ4n) is 4.13. The molecular weight excluding hydrogens is 510 g/mol. The summed E-state index contributed by atoms with van der Waals surface area (Å²) in [4.78, 5) is 55.5. The summed E-state index contributed by atoms with van der Waals surface area (Å²) < 4.78 is 5.10. The number of nitro benzene ring substituents is 1. The smallest absolute Gasteiger partial charge is 0.350 e. The summed E-state index contributed by atoms with van der Waals surface area (Å²) in [6.07, 6.45) is 1.41. The number of hydrogen-bond donors (Lipinski definition) is 1. The number of ketones is 1. The van der Waals surface area contributed by atoms with E-state index in [9.17, 15) is 29.6 Å². The van der Waals surface area contributed by atoms with E-state index >= 15 is 0 Å². The Labute approximate surface area is 221 Å². The second kappa shape index (κ2) is 10.4. The van der Waals surface area contributed by atoms with Crippen LogP contribution in [0.25, 0.3) is 5.76 Å². The minimum absolute atomic E-state index is 0.0192. The van der Waals surface area contributed by atoms with E-state index in [2.05, 4.69) is 11.6 Å². The van der Waals surface area contributed by atoms with Crippen molar-refractivity contribution >= 4 is 45.6 Å². The van der Waals surface area contributed by atoms with Crippen LogP contribution in [0.4, 0.5) is 10.8 Å². The zero-order valence-corrected chi connectivity index (χ0v) is 21.6. The average Bonchev–Trinajstić information content (AvgIpc) is 3.40. The molecule has 1 amide bonds. The van der Waals surface area contributed by atoms with Crippen molar-refractivity contribution in [1.29, 1.82) is 0 Å². The van der Waals surface area contributed by atoms with E-state index in [0.717, 1.165) is 21.8 Å². The highest BCUT2D eigenvalue weighted by atomic mass is 32.1. The highest BCUT2D eigenvalue weighted by Gasteiger charge is 2.48. The molecule has 1 aliphatic rings. The first-order valence-electron chi connectivity index (χ1n) is 11.4. The third-order valence-corrected chi connectivity index (χ3v) is 7.16. The molecule has 2 heterocycles. The lowest BCUT2D eigenvalue weighted by atomic mass is 9.93. The Morgan fingerprint density at radius 2 is 1.89 bits per heavy atom. The van der Waals surface area contributed by atoms with Gasteiger partial charge in [-0.1, -0.05) is 41.7 Å². The summed E-state index contributed by atoms with van der Waals surface area (Å²) in [5.41, 5.74) is 2.14. The molecule has 1 saturated heterocycles. The number of benzene rings is 2. The van der Waals surface area contributed by atoms with E-state index in [1.165, 1.54) is 30.3 Å². The summed E-state index contributed by atoms with van der Waals surface area (Å²) in [5.74, 6) is -2.95. The van der Waals surface area contributed by atoms with Crippen LogP contribution in [0.3, 0.4) is 0 Å². The van der Waals surface area contributed by atoms with Crippen molar-refractivity contribution < 1.29 is 29.2 Å². The van der Waals surface area contributed by atoms with Crippen molar-refractivity contribution in [2.75, 3.05) is 11.5 Å². The normalized spacial score (nSPS) is 16.5. The summed E-state index contributed by atoms with van der Waals surface area (Å²) in [6, 6.07) is 9.51. The number of aromatic nitrogens is 1. The van der Waals surface area contributed by atoms with Gasteiger partial charge in [-0.3, -0.25) is 24.6 Å². The number of non-ortho nitro benzene ring substituents is 1. The van der Waals surface area contributed by atoms with E-state index in [0.29, 0.717) is 16.7 Å². The van der Waals surface area contributed by atoms with Crippen LogP contribution in [-0.4, -0.2) is 39.3 Å². The molecule has 0 spiro atoms. The van der Waals surface area contributed by atoms with E-state index in [1.54, 1.807) is 26.0 Å². The standard InChI is InChI=1S/C27H23N3O7S/c1-5-12-37-26(34)24-16(4)28-27(38-24)29-21(17-8-10-18(11-9-17)30(35)36)20(23(32)25(29)33)22(31)19-13-14(2)6-7-15(19)3/h5-11,13,21,31H,1,12H2,2-4H3. The second-order valence-electron chi connectivity index (χ2n) is 8.63. The van der Waals surface area contributed by atoms with Gasteiger partial charge in [-0.2, -0.15) is 0 Å². The Balaban J connectivity index is 1.92. The number of aliphatic hydroxyl groups is 1. The number of aliphatic hydroxyl groups excluding tert-OH is 1. The maximum Gasteiger partial charge on any atom is 0.350 e. The molecule has 1 aliphatic heterocycles. The predicted molar refractivity (Wildman–Crippen MR) is 141 cm³/mol. The van der Waals surface area contributed by atoms with Crippen LogP contribution in [-0.2, 0) is 14.3 Å². The fraction of sp³-hybridized carbons (Fsp3) is 0.185. The van der Waals surface area contributed by atoms with Gasteiger partial charge in [-0.15, -0.1) is 0 Å². The first-order valence-corrected chi connectivity index (χ1v) is 12.2. The van der Waals surface area contributed by atoms with Gasteiger partial charge in [-0.25, -0.2) is 9.78 Å². The lowest BCUT2D eigenvalue weighted by Gasteiger charge is -2.23. The van der Waals surface area contributed by atoms with E-state index < -0.39 is 28.6 Å². The molecule has 10 nitrogen and oxygen atoms in total. The third kappa shape index (κ3) is 4.71. The van der Waals surface area contributed by atoms with Gasteiger partial charge in [0.25, 0.3) is 11.5 Å². The Morgan fingerprint density at radius 1 is 1.21 bits per heavy atom. The molecule has 194 valence electrons. The van der Waals surface area contributed by atoms with Crippen LogP contribution in [0.5, 0.6) is 0 Å². The molecule has 1 fully saturated rings.